The van der Waals surface area contributed by atoms with E-state index >= 15 is 0 Å². The first-order valence-electron chi connectivity index (χ1n) is 3.79. The van der Waals surface area contributed by atoms with Gasteiger partial charge in [0.2, 0.25) is 0 Å². The van der Waals surface area contributed by atoms with Crippen LogP contribution in [0.25, 0.3) is 0 Å². The van der Waals surface area contributed by atoms with Crippen molar-refractivity contribution < 1.29 is 4.39 Å². The lowest BCUT2D eigenvalue weighted by atomic mass is 10.6. The van der Waals surface area contributed by atoms with E-state index in [0.29, 0.717) is 0 Å². The molecule has 0 unspecified atom stereocenters. The molecular weight excluding hydrogens is 141 g/mol. The Morgan fingerprint density at radius 2 is 1.82 bits per heavy atom. The van der Waals surface area contributed by atoms with Gasteiger partial charge in [0.25, 0.3) is 5.95 Å². The van der Waals surface area contributed by atoms with E-state index in [1.165, 1.54) is 12.3 Å². The van der Waals surface area contributed by atoms with Crippen LogP contribution in [0.3, 0.4) is 0 Å². The highest BCUT2D eigenvalue weighted by Gasteiger charge is 1.76. The van der Waals surface area contributed by atoms with Crippen molar-refractivity contribution >= 4 is 0 Å². The van der Waals surface area contributed by atoms with Crippen LogP contribution in [0.1, 0.15) is 27.7 Å². The highest BCUT2D eigenvalue weighted by molar-refractivity contribution is 4.77. The van der Waals surface area contributed by atoms with Crippen LogP contribution < -0.4 is 0 Å². The van der Waals surface area contributed by atoms with Crippen LogP contribution in [0.5, 0.6) is 0 Å². The number of aromatic nitrogens is 1. The average molecular weight is 155 g/mol. The summed E-state index contributed by atoms with van der Waals surface area (Å²) in [6.07, 6.45) is 1.33. The second-order valence-corrected chi connectivity index (χ2v) is 1.00. The second kappa shape index (κ2) is 11.7. The standard InChI is InChI=1S/C5H2FN.2C2H6/c6-5-3-1-2-4-7-5;2*1-2/h2,4H;2*1-2H3. The number of nitrogens with zero attached hydrogens (tertiary/aromatic N) is 1. The molecule has 0 fully saturated rings. The van der Waals surface area contributed by atoms with Crippen molar-refractivity contribution in [1.82, 2.24) is 4.98 Å². The van der Waals surface area contributed by atoms with E-state index < -0.39 is 5.95 Å². The van der Waals surface area contributed by atoms with Crippen molar-refractivity contribution in [2.45, 2.75) is 27.7 Å². The van der Waals surface area contributed by atoms with Gasteiger partial charge in [-0.25, -0.2) is 4.98 Å². The van der Waals surface area contributed by atoms with E-state index in [4.69, 9.17) is 0 Å². The normalized spacial score (nSPS) is 5.91. The molecule has 0 saturated carbocycles. The van der Waals surface area contributed by atoms with Gasteiger partial charge in [-0.2, -0.15) is 4.39 Å². The van der Waals surface area contributed by atoms with E-state index in [0.717, 1.165) is 0 Å². The lowest BCUT2D eigenvalue weighted by Gasteiger charge is -1.70. The molecule has 0 aliphatic carbocycles. The SMILES string of the molecule is CC.CC.Fc1c#cccn1. The Hall–Kier alpha value is -1.10. The van der Waals surface area contributed by atoms with Gasteiger partial charge in [0.05, 0.1) is 0 Å². The highest BCUT2D eigenvalue weighted by atomic mass is 19.1. The van der Waals surface area contributed by atoms with Gasteiger partial charge < -0.3 is 0 Å². The fourth-order valence-corrected chi connectivity index (χ4v) is 0.273. The van der Waals surface area contributed by atoms with Crippen LogP contribution in [0.15, 0.2) is 12.3 Å². The van der Waals surface area contributed by atoms with Gasteiger partial charge in [-0.15, -0.1) is 0 Å². The first-order chi connectivity index (χ1) is 5.39. The van der Waals surface area contributed by atoms with Crippen molar-refractivity contribution in [3.05, 3.63) is 30.3 Å². The smallest absolute Gasteiger partial charge is 0.220 e. The van der Waals surface area contributed by atoms with Crippen LogP contribution in [-0.4, -0.2) is 4.98 Å². The zero-order chi connectivity index (χ0) is 9.11. The third kappa shape index (κ3) is 8.90. The van der Waals surface area contributed by atoms with Crippen molar-refractivity contribution in [3.8, 4) is 0 Å². The van der Waals surface area contributed by atoms with E-state index in [9.17, 15) is 4.39 Å². The number of halogens is 1. The molecule has 0 aromatic carbocycles. The molecule has 0 aliphatic rings. The van der Waals surface area contributed by atoms with Crippen LogP contribution in [-0.2, 0) is 0 Å². The molecule has 0 amide bonds. The largest absolute Gasteiger partial charge is 0.264 e. The van der Waals surface area contributed by atoms with Crippen molar-refractivity contribution in [2.24, 2.45) is 0 Å². The zero-order valence-electron chi connectivity index (χ0n) is 7.48. The predicted molar refractivity (Wildman–Crippen MR) is 44.6 cm³/mol. The Morgan fingerprint density at radius 3 is 2.00 bits per heavy atom. The fraction of sp³-hybridized carbons (Fsp3) is 0.444. The van der Waals surface area contributed by atoms with Gasteiger partial charge in [0.15, 0.2) is 0 Å². The molecule has 0 spiro atoms. The summed E-state index contributed by atoms with van der Waals surface area (Å²) in [5.41, 5.74) is 0. The van der Waals surface area contributed by atoms with Gasteiger partial charge in [0.1, 0.15) is 0 Å². The summed E-state index contributed by atoms with van der Waals surface area (Å²) >= 11 is 0. The van der Waals surface area contributed by atoms with Gasteiger partial charge in [-0.1, -0.05) is 33.8 Å². The minimum absolute atomic E-state index is 0.609. The number of rotatable bonds is 0. The van der Waals surface area contributed by atoms with Gasteiger partial charge in [0, 0.05) is 12.3 Å². The van der Waals surface area contributed by atoms with E-state index in [1.807, 2.05) is 27.7 Å². The first kappa shape index (κ1) is 12.6. The lowest BCUT2D eigenvalue weighted by Crippen LogP contribution is -1.71. The fourth-order valence-electron chi connectivity index (χ4n) is 0.273. The molecule has 1 rings (SSSR count). The summed E-state index contributed by atoms with van der Waals surface area (Å²) in [4.78, 5) is 3.23. The Labute approximate surface area is 68.3 Å². The molecule has 0 radical (unpaired) electrons. The molecule has 1 aromatic heterocycles. The van der Waals surface area contributed by atoms with Crippen LogP contribution >= 0.6 is 0 Å². The van der Waals surface area contributed by atoms with E-state index in [1.54, 1.807) is 0 Å². The first-order valence-corrected chi connectivity index (χ1v) is 3.79. The molecule has 11 heavy (non-hydrogen) atoms. The minimum atomic E-state index is -0.609. The van der Waals surface area contributed by atoms with Crippen LogP contribution in [0, 0.1) is 18.1 Å². The number of hydrogen-bond donors (Lipinski definition) is 0. The molecule has 1 nitrogen and oxygen atoms in total. The summed E-state index contributed by atoms with van der Waals surface area (Å²) in [5.74, 6) is -0.609. The van der Waals surface area contributed by atoms with Gasteiger partial charge in [-0.05, 0) is 6.07 Å². The summed E-state index contributed by atoms with van der Waals surface area (Å²) in [6.45, 7) is 8.00. The van der Waals surface area contributed by atoms with Crippen molar-refractivity contribution in [2.75, 3.05) is 0 Å². The molecule has 0 bridgehead atoms. The Balaban J connectivity index is 0. The zero-order valence-corrected chi connectivity index (χ0v) is 7.48. The molecule has 0 aliphatic heterocycles. The summed E-state index contributed by atoms with van der Waals surface area (Å²) in [6, 6.07) is 6.02. The third-order valence-electron chi connectivity index (χ3n) is 0.521. The molecule has 0 atom stereocenters. The molecule has 0 saturated heterocycles. The highest BCUT2D eigenvalue weighted by Crippen LogP contribution is 1.78. The van der Waals surface area contributed by atoms with E-state index in [-0.39, 0.29) is 0 Å². The topological polar surface area (TPSA) is 12.9 Å². The molecule has 0 N–H and O–H groups in total. The molecular formula is C9H14FN. The van der Waals surface area contributed by atoms with Crippen LogP contribution in [0.2, 0.25) is 0 Å². The minimum Gasteiger partial charge on any atom is -0.220 e. The summed E-state index contributed by atoms with van der Waals surface area (Å²) < 4.78 is 11.7. The Kier molecular flexibility index (Phi) is 13.3. The summed E-state index contributed by atoms with van der Waals surface area (Å²) in [7, 11) is 0. The Bertz CT molecular complexity index is 139. The maximum atomic E-state index is 11.7. The number of hydrogen-bond acceptors (Lipinski definition) is 1. The molecule has 1 aromatic rings. The maximum Gasteiger partial charge on any atom is 0.264 e. The molecule has 2 heteroatoms. The lowest BCUT2D eigenvalue weighted by molar-refractivity contribution is 0.585. The quantitative estimate of drug-likeness (QED) is 0.561. The molecule has 62 valence electrons. The van der Waals surface area contributed by atoms with Crippen LogP contribution in [0.4, 0.5) is 4.39 Å². The predicted octanol–water partition coefficient (Wildman–Crippen LogP) is 2.87. The van der Waals surface area contributed by atoms with Crippen molar-refractivity contribution in [3.63, 3.8) is 0 Å². The van der Waals surface area contributed by atoms with Crippen molar-refractivity contribution in [1.29, 1.82) is 0 Å². The third-order valence-corrected chi connectivity index (χ3v) is 0.521. The van der Waals surface area contributed by atoms with Gasteiger partial charge >= 0.3 is 0 Å². The second-order valence-electron chi connectivity index (χ2n) is 1.00. The maximum absolute atomic E-state index is 11.7. The molecule has 1 heterocycles. The monoisotopic (exact) mass is 155 g/mol. The summed E-state index contributed by atoms with van der Waals surface area (Å²) in [5, 5.41) is 0. The van der Waals surface area contributed by atoms with E-state index in [2.05, 4.69) is 17.1 Å². The van der Waals surface area contributed by atoms with Gasteiger partial charge in [-0.3, -0.25) is 0 Å². The Morgan fingerprint density at radius 1 is 1.27 bits per heavy atom. The average Bonchev–Trinajstić information content (AvgIpc) is 2.13.